The fraction of sp³-hybridized carbons (Fsp3) is 1.00. The summed E-state index contributed by atoms with van der Waals surface area (Å²) in [6, 6.07) is 0.602. The number of methoxy groups -OCH3 is 1. The van der Waals surface area contributed by atoms with Crippen molar-refractivity contribution >= 4 is 0 Å². The van der Waals surface area contributed by atoms with E-state index in [-0.39, 0.29) is 5.60 Å². The number of nitrogens with one attached hydrogen (secondary N) is 1. The molecule has 1 aliphatic carbocycles. The van der Waals surface area contributed by atoms with E-state index in [2.05, 4.69) is 31.0 Å². The maximum absolute atomic E-state index is 5.74. The van der Waals surface area contributed by atoms with Crippen molar-refractivity contribution in [3.63, 3.8) is 0 Å². The molecule has 2 rings (SSSR count). The third-order valence-electron chi connectivity index (χ3n) is 4.51. The van der Waals surface area contributed by atoms with Crippen molar-refractivity contribution in [3.05, 3.63) is 0 Å². The van der Waals surface area contributed by atoms with E-state index in [0.29, 0.717) is 11.5 Å². The summed E-state index contributed by atoms with van der Waals surface area (Å²) in [6.45, 7) is 11.5. The Bertz CT molecular complexity index is 250. The largest absolute Gasteiger partial charge is 0.377 e. The molecule has 1 unspecified atom stereocenters. The first-order chi connectivity index (χ1) is 7.95. The second kappa shape index (κ2) is 4.87. The lowest BCUT2D eigenvalue weighted by Crippen LogP contribution is -2.60. The smallest absolute Gasteiger partial charge is 0.0805 e. The van der Waals surface area contributed by atoms with Crippen LogP contribution in [0.4, 0.5) is 0 Å². The van der Waals surface area contributed by atoms with E-state index in [9.17, 15) is 0 Å². The van der Waals surface area contributed by atoms with E-state index in [0.717, 1.165) is 26.2 Å². The molecule has 0 amide bonds. The quantitative estimate of drug-likeness (QED) is 0.815. The molecule has 0 spiro atoms. The molecule has 0 radical (unpaired) electrons. The Morgan fingerprint density at radius 3 is 2.53 bits per heavy atom. The first-order valence-corrected chi connectivity index (χ1v) is 6.96. The number of hydrogen-bond acceptors (Lipinski definition) is 3. The third-order valence-corrected chi connectivity index (χ3v) is 4.51. The molecule has 2 fully saturated rings. The van der Waals surface area contributed by atoms with Crippen molar-refractivity contribution in [1.82, 2.24) is 10.2 Å². The van der Waals surface area contributed by atoms with Crippen LogP contribution < -0.4 is 5.32 Å². The van der Waals surface area contributed by atoms with Gasteiger partial charge in [-0.25, -0.2) is 0 Å². The minimum atomic E-state index is 0.180. The first kappa shape index (κ1) is 13.3. The monoisotopic (exact) mass is 240 g/mol. The summed E-state index contributed by atoms with van der Waals surface area (Å²) < 4.78 is 5.74. The van der Waals surface area contributed by atoms with Gasteiger partial charge in [-0.2, -0.15) is 0 Å². The fourth-order valence-electron chi connectivity index (χ4n) is 2.94. The Hall–Kier alpha value is -0.120. The SMILES string of the molecule is COC1(CN2CCNC(C(C)(C)C)C2)CCC1. The van der Waals surface area contributed by atoms with Crippen LogP contribution in [-0.4, -0.2) is 49.8 Å². The lowest BCUT2D eigenvalue weighted by Gasteiger charge is -2.47. The zero-order valence-corrected chi connectivity index (χ0v) is 11.9. The minimum absolute atomic E-state index is 0.180. The molecule has 3 heteroatoms. The van der Waals surface area contributed by atoms with Gasteiger partial charge in [0.25, 0.3) is 0 Å². The van der Waals surface area contributed by atoms with Gasteiger partial charge in [0.1, 0.15) is 0 Å². The van der Waals surface area contributed by atoms with Crippen LogP contribution in [-0.2, 0) is 4.74 Å². The summed E-state index contributed by atoms with van der Waals surface area (Å²) in [5.41, 5.74) is 0.526. The van der Waals surface area contributed by atoms with Gasteiger partial charge in [-0.3, -0.25) is 4.90 Å². The molecule has 1 heterocycles. The molecule has 0 aromatic rings. The standard InChI is InChI=1S/C14H28N2O/c1-13(2,3)12-10-16(9-8-15-12)11-14(17-4)6-5-7-14/h12,15H,5-11H2,1-4H3. The number of nitrogens with zero attached hydrogens (tertiary/aromatic N) is 1. The van der Waals surface area contributed by atoms with Crippen LogP contribution in [0.2, 0.25) is 0 Å². The highest BCUT2D eigenvalue weighted by Gasteiger charge is 2.40. The van der Waals surface area contributed by atoms with E-state index in [1.807, 2.05) is 7.11 Å². The molecule has 0 bridgehead atoms. The molecule has 1 saturated heterocycles. The van der Waals surface area contributed by atoms with Gasteiger partial charge < -0.3 is 10.1 Å². The van der Waals surface area contributed by atoms with Crippen molar-refractivity contribution in [2.45, 2.75) is 51.7 Å². The normalized spacial score (nSPS) is 30.0. The second-order valence-electron chi connectivity index (χ2n) is 6.85. The van der Waals surface area contributed by atoms with E-state index >= 15 is 0 Å². The molecule has 0 aromatic heterocycles. The number of ether oxygens (including phenoxy) is 1. The predicted molar refractivity (Wildman–Crippen MR) is 71.3 cm³/mol. The van der Waals surface area contributed by atoms with E-state index in [1.165, 1.54) is 19.3 Å². The molecule has 1 saturated carbocycles. The van der Waals surface area contributed by atoms with Gasteiger partial charge in [0, 0.05) is 39.3 Å². The van der Waals surface area contributed by atoms with E-state index in [1.54, 1.807) is 0 Å². The van der Waals surface area contributed by atoms with Crippen molar-refractivity contribution < 1.29 is 4.74 Å². The van der Waals surface area contributed by atoms with Gasteiger partial charge in [-0.1, -0.05) is 20.8 Å². The first-order valence-electron chi connectivity index (χ1n) is 6.96. The van der Waals surface area contributed by atoms with Gasteiger partial charge >= 0.3 is 0 Å². The van der Waals surface area contributed by atoms with Gasteiger partial charge in [0.15, 0.2) is 0 Å². The van der Waals surface area contributed by atoms with Crippen LogP contribution in [0.5, 0.6) is 0 Å². The molecule has 2 aliphatic rings. The number of hydrogen-bond donors (Lipinski definition) is 1. The molecule has 1 aliphatic heterocycles. The summed E-state index contributed by atoms with van der Waals surface area (Å²) in [7, 11) is 1.88. The molecule has 1 atom stereocenters. The predicted octanol–water partition coefficient (Wildman–Crippen LogP) is 1.88. The highest BCUT2D eigenvalue weighted by Crippen LogP contribution is 2.36. The topological polar surface area (TPSA) is 24.5 Å². The number of piperazine rings is 1. The van der Waals surface area contributed by atoms with Gasteiger partial charge in [-0.05, 0) is 24.7 Å². The Balaban J connectivity index is 1.89. The lowest BCUT2D eigenvalue weighted by atomic mass is 9.79. The van der Waals surface area contributed by atoms with Crippen molar-refractivity contribution in [2.75, 3.05) is 33.3 Å². The molecule has 3 nitrogen and oxygen atoms in total. The molecular weight excluding hydrogens is 212 g/mol. The van der Waals surface area contributed by atoms with Crippen LogP contribution in [0.1, 0.15) is 40.0 Å². The molecule has 100 valence electrons. The Kier molecular flexibility index (Phi) is 3.81. The molecule has 1 N–H and O–H groups in total. The van der Waals surface area contributed by atoms with Crippen LogP contribution in [0.25, 0.3) is 0 Å². The average Bonchev–Trinajstić information content (AvgIpc) is 2.23. The zero-order chi connectivity index (χ0) is 12.5. The summed E-state index contributed by atoms with van der Waals surface area (Å²) in [4.78, 5) is 2.59. The second-order valence-corrected chi connectivity index (χ2v) is 6.85. The Labute approximate surface area is 106 Å². The molecule has 17 heavy (non-hydrogen) atoms. The number of rotatable bonds is 3. The summed E-state index contributed by atoms with van der Waals surface area (Å²) in [6.07, 6.45) is 3.82. The minimum Gasteiger partial charge on any atom is -0.377 e. The van der Waals surface area contributed by atoms with Crippen molar-refractivity contribution in [1.29, 1.82) is 0 Å². The highest BCUT2D eigenvalue weighted by molar-refractivity contribution is 4.95. The van der Waals surface area contributed by atoms with Crippen LogP contribution in [0.15, 0.2) is 0 Å². The average molecular weight is 240 g/mol. The van der Waals surface area contributed by atoms with Gasteiger partial charge in [0.05, 0.1) is 5.60 Å². The maximum Gasteiger partial charge on any atom is 0.0805 e. The zero-order valence-electron chi connectivity index (χ0n) is 11.9. The lowest BCUT2D eigenvalue weighted by molar-refractivity contribution is -0.0960. The summed E-state index contributed by atoms with van der Waals surface area (Å²) in [5, 5.41) is 3.65. The maximum atomic E-state index is 5.74. The fourth-order valence-corrected chi connectivity index (χ4v) is 2.94. The van der Waals surface area contributed by atoms with E-state index in [4.69, 9.17) is 4.74 Å². The van der Waals surface area contributed by atoms with Crippen LogP contribution in [0, 0.1) is 5.41 Å². The summed E-state index contributed by atoms with van der Waals surface area (Å²) >= 11 is 0. The van der Waals surface area contributed by atoms with Crippen LogP contribution >= 0.6 is 0 Å². The van der Waals surface area contributed by atoms with Crippen LogP contribution in [0.3, 0.4) is 0 Å². The van der Waals surface area contributed by atoms with E-state index < -0.39 is 0 Å². The highest BCUT2D eigenvalue weighted by atomic mass is 16.5. The molecule has 0 aromatic carbocycles. The van der Waals surface area contributed by atoms with Gasteiger partial charge in [-0.15, -0.1) is 0 Å². The Morgan fingerprint density at radius 2 is 2.06 bits per heavy atom. The summed E-state index contributed by atoms with van der Waals surface area (Å²) in [5.74, 6) is 0. The van der Waals surface area contributed by atoms with Crippen molar-refractivity contribution in [2.24, 2.45) is 5.41 Å². The molecular formula is C14H28N2O. The third kappa shape index (κ3) is 3.01. The Morgan fingerprint density at radius 1 is 1.35 bits per heavy atom. The van der Waals surface area contributed by atoms with Crippen molar-refractivity contribution in [3.8, 4) is 0 Å². The van der Waals surface area contributed by atoms with Gasteiger partial charge in [0.2, 0.25) is 0 Å².